The van der Waals surface area contributed by atoms with Gasteiger partial charge in [0, 0.05) is 5.69 Å². The number of carbonyl (C=O) groups excluding carboxylic acids is 1. The van der Waals surface area contributed by atoms with Crippen molar-refractivity contribution in [2.75, 3.05) is 5.32 Å². The van der Waals surface area contributed by atoms with Crippen LogP contribution in [0.1, 0.15) is 16.2 Å². The number of aryl methyl sites for hydroxylation is 1. The van der Waals surface area contributed by atoms with Gasteiger partial charge in [0.25, 0.3) is 5.91 Å². The molecule has 5 nitrogen and oxygen atoms in total. The molecule has 17 heavy (non-hydrogen) atoms. The van der Waals surface area contributed by atoms with E-state index in [2.05, 4.69) is 31.2 Å². The largest absolute Gasteiger partial charge is 0.444 e. The third-order valence-corrected chi connectivity index (χ3v) is 2.47. The highest BCUT2D eigenvalue weighted by Gasteiger charge is 2.12. The van der Waals surface area contributed by atoms with E-state index in [1.807, 2.05) is 0 Å². The quantitative estimate of drug-likeness (QED) is 0.865. The third-order valence-electron chi connectivity index (χ3n) is 1.85. The fourth-order valence-electron chi connectivity index (χ4n) is 1.19. The Kier molecular flexibility index (Phi) is 3.44. The van der Waals surface area contributed by atoms with Gasteiger partial charge in [-0.25, -0.2) is 9.97 Å². The van der Waals surface area contributed by atoms with E-state index in [1.165, 1.54) is 6.07 Å². The van der Waals surface area contributed by atoms with Crippen LogP contribution in [0.2, 0.25) is 5.15 Å². The van der Waals surface area contributed by atoms with Crippen LogP contribution in [-0.4, -0.2) is 15.9 Å². The van der Waals surface area contributed by atoms with E-state index in [1.54, 1.807) is 19.1 Å². The summed E-state index contributed by atoms with van der Waals surface area (Å²) >= 11 is 8.86. The van der Waals surface area contributed by atoms with Gasteiger partial charge in [0.15, 0.2) is 10.4 Å². The summed E-state index contributed by atoms with van der Waals surface area (Å²) in [6, 6.07) is 4.76. The van der Waals surface area contributed by atoms with Crippen LogP contribution in [0.4, 0.5) is 5.95 Å². The van der Waals surface area contributed by atoms with Crippen LogP contribution < -0.4 is 5.32 Å². The molecule has 0 spiro atoms. The number of hydrogen-bond acceptors (Lipinski definition) is 4. The molecule has 88 valence electrons. The molecule has 2 aromatic heterocycles. The molecule has 1 amide bonds. The van der Waals surface area contributed by atoms with Crippen LogP contribution in [0.25, 0.3) is 0 Å². The second-order valence-electron chi connectivity index (χ2n) is 3.21. The first kappa shape index (κ1) is 12.1. The highest BCUT2D eigenvalue weighted by Crippen LogP contribution is 2.15. The lowest BCUT2D eigenvalue weighted by molar-refractivity contribution is 0.0994. The van der Waals surface area contributed by atoms with Gasteiger partial charge in [0.2, 0.25) is 5.95 Å². The first-order valence-corrected chi connectivity index (χ1v) is 5.79. The standard InChI is InChI=1S/C10H7BrClN3O2/c1-5-4-8(12)14-10(13-5)15-9(16)6-2-3-7(11)17-6/h2-4H,1H3,(H,13,14,15,16). The molecular formula is C10H7BrClN3O2. The summed E-state index contributed by atoms with van der Waals surface area (Å²) in [5.41, 5.74) is 0.668. The fraction of sp³-hybridized carbons (Fsp3) is 0.100. The summed E-state index contributed by atoms with van der Waals surface area (Å²) in [5.74, 6) is -0.122. The van der Waals surface area contributed by atoms with Gasteiger partial charge < -0.3 is 4.42 Å². The summed E-state index contributed by atoms with van der Waals surface area (Å²) in [6.07, 6.45) is 0. The molecule has 2 rings (SSSR count). The predicted octanol–water partition coefficient (Wildman–Crippen LogP) is 3.05. The van der Waals surface area contributed by atoms with Crippen LogP contribution in [0.15, 0.2) is 27.3 Å². The van der Waals surface area contributed by atoms with Gasteiger partial charge >= 0.3 is 0 Å². The third kappa shape index (κ3) is 3.04. The van der Waals surface area contributed by atoms with Crippen LogP contribution >= 0.6 is 27.5 Å². The summed E-state index contributed by atoms with van der Waals surface area (Å²) < 4.78 is 5.57. The Balaban J connectivity index is 2.18. The maximum atomic E-state index is 11.7. The van der Waals surface area contributed by atoms with Gasteiger partial charge in [-0.05, 0) is 41.1 Å². The molecule has 0 aromatic carbocycles. The minimum Gasteiger partial charge on any atom is -0.444 e. The number of amides is 1. The Morgan fingerprint density at radius 1 is 1.47 bits per heavy atom. The van der Waals surface area contributed by atoms with Crippen molar-refractivity contribution >= 4 is 39.4 Å². The van der Waals surface area contributed by atoms with Gasteiger partial charge in [-0.1, -0.05) is 11.6 Å². The first-order chi connectivity index (χ1) is 8.04. The zero-order valence-electron chi connectivity index (χ0n) is 8.70. The number of aromatic nitrogens is 2. The van der Waals surface area contributed by atoms with Gasteiger partial charge in [-0.3, -0.25) is 10.1 Å². The van der Waals surface area contributed by atoms with Gasteiger partial charge in [-0.2, -0.15) is 0 Å². The van der Waals surface area contributed by atoms with Gasteiger partial charge in [0.05, 0.1) is 0 Å². The molecule has 7 heteroatoms. The Morgan fingerprint density at radius 2 is 2.24 bits per heavy atom. The number of anilines is 1. The molecule has 0 fully saturated rings. The van der Waals surface area contributed by atoms with Gasteiger partial charge in [-0.15, -0.1) is 0 Å². The van der Waals surface area contributed by atoms with E-state index < -0.39 is 5.91 Å². The van der Waals surface area contributed by atoms with Crippen molar-refractivity contribution < 1.29 is 9.21 Å². The SMILES string of the molecule is Cc1cc(Cl)nc(NC(=O)c2ccc(Br)o2)n1. The second-order valence-corrected chi connectivity index (χ2v) is 4.38. The zero-order chi connectivity index (χ0) is 12.4. The van der Waals surface area contributed by atoms with E-state index in [0.717, 1.165) is 0 Å². The monoisotopic (exact) mass is 315 g/mol. The van der Waals surface area contributed by atoms with Crippen LogP contribution in [0, 0.1) is 6.92 Å². The van der Waals surface area contributed by atoms with Gasteiger partial charge in [0.1, 0.15) is 5.15 Å². The average Bonchev–Trinajstić information content (AvgIpc) is 2.63. The van der Waals surface area contributed by atoms with Crippen molar-refractivity contribution in [2.45, 2.75) is 6.92 Å². The molecular weight excluding hydrogens is 309 g/mol. The first-order valence-electron chi connectivity index (χ1n) is 4.62. The molecule has 0 unspecified atom stereocenters. The van der Waals surface area contributed by atoms with Crippen LogP contribution in [0.5, 0.6) is 0 Å². The molecule has 0 atom stereocenters. The summed E-state index contributed by atoms with van der Waals surface area (Å²) in [7, 11) is 0. The Morgan fingerprint density at radius 3 is 2.82 bits per heavy atom. The Hall–Kier alpha value is -1.40. The molecule has 1 N–H and O–H groups in total. The molecule has 0 saturated carbocycles. The maximum Gasteiger partial charge on any atom is 0.293 e. The van der Waals surface area contributed by atoms with Crippen molar-refractivity contribution in [3.05, 3.63) is 39.5 Å². The molecule has 0 saturated heterocycles. The molecule has 0 radical (unpaired) electrons. The van der Waals surface area contributed by atoms with Crippen molar-refractivity contribution in [3.63, 3.8) is 0 Å². The van der Waals surface area contributed by atoms with E-state index in [4.69, 9.17) is 16.0 Å². The van der Waals surface area contributed by atoms with E-state index in [0.29, 0.717) is 10.4 Å². The predicted molar refractivity (Wildman–Crippen MR) is 66.1 cm³/mol. The number of halogens is 2. The Labute approximate surface area is 110 Å². The average molecular weight is 317 g/mol. The number of rotatable bonds is 2. The second kappa shape index (κ2) is 4.85. The maximum absolute atomic E-state index is 11.7. The normalized spacial score (nSPS) is 10.3. The fourth-order valence-corrected chi connectivity index (χ4v) is 1.73. The summed E-state index contributed by atoms with van der Waals surface area (Å²) in [5, 5.41) is 2.76. The minimum atomic E-state index is -0.433. The molecule has 2 aromatic rings. The Bertz CT molecular complexity index is 550. The number of nitrogens with zero attached hydrogens (tertiary/aromatic N) is 2. The van der Waals surface area contributed by atoms with Crippen molar-refractivity contribution in [3.8, 4) is 0 Å². The van der Waals surface area contributed by atoms with E-state index in [-0.39, 0.29) is 16.9 Å². The highest BCUT2D eigenvalue weighted by atomic mass is 79.9. The minimum absolute atomic E-state index is 0.146. The topological polar surface area (TPSA) is 68.0 Å². The molecule has 0 bridgehead atoms. The van der Waals surface area contributed by atoms with E-state index >= 15 is 0 Å². The number of furan rings is 1. The summed E-state index contributed by atoms with van der Waals surface area (Å²) in [6.45, 7) is 1.76. The molecule has 0 aliphatic rings. The van der Waals surface area contributed by atoms with Crippen LogP contribution in [-0.2, 0) is 0 Å². The molecule has 0 aliphatic heterocycles. The lowest BCUT2D eigenvalue weighted by Gasteiger charge is -2.02. The van der Waals surface area contributed by atoms with Crippen molar-refractivity contribution in [1.29, 1.82) is 0 Å². The zero-order valence-corrected chi connectivity index (χ0v) is 11.0. The van der Waals surface area contributed by atoms with Crippen molar-refractivity contribution in [1.82, 2.24) is 9.97 Å². The number of nitrogens with one attached hydrogen (secondary N) is 1. The van der Waals surface area contributed by atoms with E-state index in [9.17, 15) is 4.79 Å². The van der Waals surface area contributed by atoms with Crippen LogP contribution in [0.3, 0.4) is 0 Å². The summed E-state index contributed by atoms with van der Waals surface area (Å²) in [4.78, 5) is 19.6. The lowest BCUT2D eigenvalue weighted by Crippen LogP contribution is -2.13. The molecule has 0 aliphatic carbocycles. The number of hydrogen-bond donors (Lipinski definition) is 1. The lowest BCUT2D eigenvalue weighted by atomic mass is 10.4. The smallest absolute Gasteiger partial charge is 0.293 e. The number of carbonyl (C=O) groups is 1. The highest BCUT2D eigenvalue weighted by molar-refractivity contribution is 9.10. The van der Waals surface area contributed by atoms with Crippen molar-refractivity contribution in [2.24, 2.45) is 0 Å². The molecule has 2 heterocycles.